The number of nitrogens with one attached hydrogen (secondary N) is 1. The highest BCUT2D eigenvalue weighted by molar-refractivity contribution is 7.15. The summed E-state index contributed by atoms with van der Waals surface area (Å²) in [4.78, 5) is 21.7. The van der Waals surface area contributed by atoms with Crippen molar-refractivity contribution in [2.75, 3.05) is 33.2 Å². The molecule has 2 aliphatic heterocycles. The number of likely N-dealkylation sites (N-methyl/N-ethyl adjacent to an activating group) is 1. The van der Waals surface area contributed by atoms with E-state index in [2.05, 4.69) is 46.0 Å². The molecule has 8 nitrogen and oxygen atoms in total. The molecular weight excluding hydrogens is 470 g/mol. The molecule has 2 aliphatic rings. The second-order valence-electron chi connectivity index (χ2n) is 8.93. The zero-order valence-electron chi connectivity index (χ0n) is 19.8. The SMILES string of the molecule is Cc1sc2c(c1C)C(c1ccc(Cl)cc1)=N[C@@H](CC(=O)NN1CCN(C)CC1)c1nnc(C)n1-2. The van der Waals surface area contributed by atoms with Crippen molar-refractivity contribution in [3.05, 3.63) is 62.5 Å². The molecule has 1 amide bonds. The molecule has 10 heteroatoms. The summed E-state index contributed by atoms with van der Waals surface area (Å²) in [6.45, 7) is 9.64. The zero-order valence-corrected chi connectivity index (χ0v) is 21.4. The molecule has 2 aromatic heterocycles. The summed E-state index contributed by atoms with van der Waals surface area (Å²) in [5.41, 5.74) is 7.13. The topological polar surface area (TPSA) is 78.7 Å². The van der Waals surface area contributed by atoms with Gasteiger partial charge < -0.3 is 4.90 Å². The number of aryl methyl sites for hydroxylation is 2. The van der Waals surface area contributed by atoms with Crippen LogP contribution in [0.4, 0.5) is 0 Å². The fraction of sp³-hybridized carbons (Fsp3) is 0.417. The molecule has 1 fully saturated rings. The smallest absolute Gasteiger partial charge is 0.236 e. The number of piperazine rings is 1. The average Bonchev–Trinajstić information content (AvgIpc) is 3.28. The van der Waals surface area contributed by atoms with E-state index in [0.29, 0.717) is 10.8 Å². The van der Waals surface area contributed by atoms with Crippen LogP contribution < -0.4 is 5.43 Å². The fourth-order valence-electron chi connectivity index (χ4n) is 4.45. The summed E-state index contributed by atoms with van der Waals surface area (Å²) in [6, 6.07) is 7.26. The number of carbonyl (C=O) groups excluding carboxylic acids is 1. The van der Waals surface area contributed by atoms with E-state index in [1.54, 1.807) is 11.3 Å². The maximum absolute atomic E-state index is 13.1. The molecule has 1 atom stereocenters. The van der Waals surface area contributed by atoms with E-state index < -0.39 is 6.04 Å². The third-order valence-electron chi connectivity index (χ3n) is 6.52. The lowest BCUT2D eigenvalue weighted by Gasteiger charge is -2.32. The molecule has 0 aliphatic carbocycles. The van der Waals surface area contributed by atoms with Gasteiger partial charge in [-0.25, -0.2) is 5.01 Å². The van der Waals surface area contributed by atoms with Gasteiger partial charge in [0.2, 0.25) is 5.91 Å². The van der Waals surface area contributed by atoms with Gasteiger partial charge in [-0.05, 0) is 45.5 Å². The Morgan fingerprint density at radius 2 is 1.82 bits per heavy atom. The Kier molecular flexibility index (Phi) is 6.28. The maximum atomic E-state index is 13.1. The minimum absolute atomic E-state index is 0.0703. The normalized spacial score (nSPS) is 18.7. The van der Waals surface area contributed by atoms with Crippen LogP contribution in [0.5, 0.6) is 0 Å². The molecule has 178 valence electrons. The Hall–Kier alpha value is -2.59. The first-order chi connectivity index (χ1) is 16.3. The van der Waals surface area contributed by atoms with Crippen LogP contribution in [0.1, 0.15) is 45.7 Å². The monoisotopic (exact) mass is 497 g/mol. The lowest BCUT2D eigenvalue weighted by molar-refractivity contribution is -0.127. The van der Waals surface area contributed by atoms with E-state index in [0.717, 1.165) is 53.8 Å². The third kappa shape index (κ3) is 4.29. The number of nitrogens with zero attached hydrogens (tertiary/aromatic N) is 6. The Bertz CT molecular complexity index is 1260. The van der Waals surface area contributed by atoms with E-state index >= 15 is 0 Å². The summed E-state index contributed by atoms with van der Waals surface area (Å²) < 4.78 is 2.07. The van der Waals surface area contributed by atoms with Gasteiger partial charge in [0, 0.05) is 47.2 Å². The fourth-order valence-corrected chi connectivity index (χ4v) is 5.79. The van der Waals surface area contributed by atoms with E-state index in [9.17, 15) is 4.79 Å². The van der Waals surface area contributed by atoms with Crippen LogP contribution in [0.2, 0.25) is 5.02 Å². The number of hydrazine groups is 1. The van der Waals surface area contributed by atoms with Crippen LogP contribution in [-0.2, 0) is 4.79 Å². The predicted octanol–water partition coefficient (Wildman–Crippen LogP) is 3.47. The summed E-state index contributed by atoms with van der Waals surface area (Å²) in [5.74, 6) is 1.41. The number of aliphatic imine (C=N–C) groups is 1. The minimum atomic E-state index is -0.460. The van der Waals surface area contributed by atoms with Crippen molar-refractivity contribution in [1.82, 2.24) is 30.1 Å². The lowest BCUT2D eigenvalue weighted by atomic mass is 9.99. The maximum Gasteiger partial charge on any atom is 0.236 e. The molecule has 34 heavy (non-hydrogen) atoms. The quantitative estimate of drug-likeness (QED) is 0.597. The van der Waals surface area contributed by atoms with Crippen molar-refractivity contribution in [2.45, 2.75) is 33.2 Å². The van der Waals surface area contributed by atoms with Gasteiger partial charge in [0.05, 0.1) is 12.1 Å². The summed E-state index contributed by atoms with van der Waals surface area (Å²) in [7, 11) is 2.09. The van der Waals surface area contributed by atoms with Crippen LogP contribution in [0.25, 0.3) is 5.00 Å². The van der Waals surface area contributed by atoms with Crippen molar-refractivity contribution < 1.29 is 4.79 Å². The van der Waals surface area contributed by atoms with Crippen LogP contribution in [0.3, 0.4) is 0 Å². The van der Waals surface area contributed by atoms with E-state index in [1.165, 1.54) is 10.4 Å². The third-order valence-corrected chi connectivity index (χ3v) is 7.97. The highest BCUT2D eigenvalue weighted by Gasteiger charge is 2.32. The van der Waals surface area contributed by atoms with Crippen LogP contribution in [0.15, 0.2) is 29.3 Å². The van der Waals surface area contributed by atoms with E-state index in [-0.39, 0.29) is 12.3 Å². The first-order valence-electron chi connectivity index (χ1n) is 11.4. The van der Waals surface area contributed by atoms with Gasteiger partial charge in [-0.15, -0.1) is 21.5 Å². The largest absolute Gasteiger partial charge is 0.304 e. The Balaban J connectivity index is 1.55. The number of carbonyl (C=O) groups is 1. The molecule has 1 saturated heterocycles. The number of fused-ring (bicyclic) bond motifs is 3. The first-order valence-corrected chi connectivity index (χ1v) is 12.6. The number of amides is 1. The van der Waals surface area contributed by atoms with Crippen molar-refractivity contribution >= 4 is 34.6 Å². The average molecular weight is 498 g/mol. The number of thiophene rings is 1. The van der Waals surface area contributed by atoms with Crippen molar-refractivity contribution in [3.63, 3.8) is 0 Å². The Labute approximate surface area is 208 Å². The van der Waals surface area contributed by atoms with Gasteiger partial charge >= 0.3 is 0 Å². The van der Waals surface area contributed by atoms with Gasteiger partial charge in [-0.3, -0.25) is 19.8 Å². The molecular formula is C24H28ClN7OS. The van der Waals surface area contributed by atoms with Crippen LogP contribution in [0, 0.1) is 20.8 Å². The second-order valence-corrected chi connectivity index (χ2v) is 10.6. The number of aromatic nitrogens is 3. The van der Waals surface area contributed by atoms with E-state index in [4.69, 9.17) is 16.6 Å². The molecule has 0 unspecified atom stereocenters. The van der Waals surface area contributed by atoms with Gasteiger partial charge in [0.1, 0.15) is 16.9 Å². The molecule has 0 bridgehead atoms. The molecule has 0 saturated carbocycles. The summed E-state index contributed by atoms with van der Waals surface area (Å²) >= 11 is 7.88. The number of hydrogen-bond acceptors (Lipinski definition) is 7. The second kappa shape index (κ2) is 9.22. The van der Waals surface area contributed by atoms with Crippen LogP contribution in [-0.4, -0.2) is 69.5 Å². The Morgan fingerprint density at radius 3 is 2.53 bits per heavy atom. The first kappa shape index (κ1) is 23.2. The minimum Gasteiger partial charge on any atom is -0.304 e. The number of rotatable bonds is 4. The Morgan fingerprint density at radius 1 is 1.12 bits per heavy atom. The van der Waals surface area contributed by atoms with E-state index in [1.807, 2.05) is 36.2 Å². The van der Waals surface area contributed by atoms with Crippen LogP contribution >= 0.6 is 22.9 Å². The summed E-state index contributed by atoms with van der Waals surface area (Å²) in [6.07, 6.45) is 0.189. The molecule has 4 heterocycles. The summed E-state index contributed by atoms with van der Waals surface area (Å²) in [5, 5.41) is 12.5. The predicted molar refractivity (Wildman–Crippen MR) is 135 cm³/mol. The van der Waals surface area contributed by atoms with Crippen molar-refractivity contribution in [3.8, 4) is 5.00 Å². The molecule has 3 aromatic rings. The highest BCUT2D eigenvalue weighted by Crippen LogP contribution is 2.39. The number of hydrogen-bond donors (Lipinski definition) is 1. The zero-order chi connectivity index (χ0) is 24.0. The highest BCUT2D eigenvalue weighted by atomic mass is 35.5. The van der Waals surface area contributed by atoms with Crippen molar-refractivity contribution in [2.24, 2.45) is 4.99 Å². The number of benzene rings is 1. The van der Waals surface area contributed by atoms with Gasteiger partial charge in [0.15, 0.2) is 5.82 Å². The van der Waals surface area contributed by atoms with Gasteiger partial charge in [-0.2, -0.15) is 0 Å². The number of halogens is 1. The molecule has 0 spiro atoms. The molecule has 5 rings (SSSR count). The van der Waals surface area contributed by atoms with Crippen molar-refractivity contribution in [1.29, 1.82) is 0 Å². The molecule has 0 radical (unpaired) electrons. The van der Waals surface area contributed by atoms with Gasteiger partial charge in [-0.1, -0.05) is 23.7 Å². The lowest BCUT2D eigenvalue weighted by Crippen LogP contribution is -2.52. The molecule has 1 N–H and O–H groups in total. The molecule has 1 aromatic carbocycles. The standard InChI is InChI=1S/C24H28ClN7OS/c1-14-15(2)34-24-21(14)22(17-5-7-18(25)8-6-17)26-19(23-28-27-16(3)32(23)24)13-20(33)29-31-11-9-30(4)10-12-31/h5-8,19H,9-13H2,1-4H3,(H,29,33)/t19-/m0/s1. The van der Waals surface area contributed by atoms with Gasteiger partial charge in [0.25, 0.3) is 0 Å².